The lowest BCUT2D eigenvalue weighted by Gasteiger charge is -2.26. The van der Waals surface area contributed by atoms with Crippen molar-refractivity contribution < 1.29 is 45.0 Å². The first kappa shape index (κ1) is 27.2. The van der Waals surface area contributed by atoms with Crippen LogP contribution in [0.25, 0.3) is 16.9 Å². The molecule has 204 valence electrons. The molecule has 38 heavy (non-hydrogen) atoms. The fourth-order valence-electron chi connectivity index (χ4n) is 3.89. The summed E-state index contributed by atoms with van der Waals surface area (Å²) in [7, 11) is 0. The van der Waals surface area contributed by atoms with Gasteiger partial charge in [0.2, 0.25) is 5.43 Å². The molecule has 16 heteroatoms. The molecule has 0 aliphatic carbocycles. The van der Waals surface area contributed by atoms with Crippen molar-refractivity contribution in [3.05, 3.63) is 57.8 Å². The quantitative estimate of drug-likeness (QED) is 0.473. The van der Waals surface area contributed by atoms with E-state index in [1.807, 2.05) is 0 Å². The lowest BCUT2D eigenvalue weighted by Crippen LogP contribution is -2.54. The number of pyridine rings is 3. The van der Waals surface area contributed by atoms with Crippen LogP contribution in [-0.2, 0) is 0 Å². The second-order valence-electron chi connectivity index (χ2n) is 8.57. The molecule has 1 fully saturated rings. The molecule has 0 saturated carbocycles. The Morgan fingerprint density at radius 1 is 1.13 bits per heavy atom. The third kappa shape index (κ3) is 4.75. The second-order valence-corrected chi connectivity index (χ2v) is 8.57. The normalized spacial score (nSPS) is 17.2. The van der Waals surface area contributed by atoms with Crippen molar-refractivity contribution in [1.82, 2.24) is 19.9 Å². The van der Waals surface area contributed by atoms with Gasteiger partial charge in [0.15, 0.2) is 28.9 Å². The van der Waals surface area contributed by atoms with Crippen LogP contribution < -0.4 is 15.6 Å². The summed E-state index contributed by atoms with van der Waals surface area (Å²) in [5.41, 5.74) is -2.88. The maximum Gasteiger partial charge on any atom is 0.455 e. The van der Waals surface area contributed by atoms with Gasteiger partial charge in [-0.3, -0.25) is 14.2 Å². The summed E-state index contributed by atoms with van der Waals surface area (Å²) in [5, 5.41) is 10.5. The molecule has 1 aliphatic rings. The number of anilines is 1. The first-order valence-corrected chi connectivity index (χ1v) is 10.9. The first-order chi connectivity index (χ1) is 17.6. The molecular weight excluding hydrogens is 534 g/mol. The highest BCUT2D eigenvalue weighted by atomic mass is 19.4. The van der Waals surface area contributed by atoms with Crippen molar-refractivity contribution >= 4 is 22.8 Å². The van der Waals surface area contributed by atoms with E-state index in [1.54, 1.807) is 0 Å². The van der Waals surface area contributed by atoms with Crippen molar-refractivity contribution in [3.63, 3.8) is 0 Å². The Hall–Kier alpha value is -3.82. The highest BCUT2D eigenvalue weighted by Gasteiger charge is 2.61. The van der Waals surface area contributed by atoms with Crippen LogP contribution >= 0.6 is 0 Å². The van der Waals surface area contributed by atoms with Gasteiger partial charge in [0.05, 0.1) is 23.7 Å². The van der Waals surface area contributed by atoms with E-state index in [0.29, 0.717) is 36.0 Å². The van der Waals surface area contributed by atoms with Crippen molar-refractivity contribution in [2.24, 2.45) is 0 Å². The number of hydrogen-bond acceptors (Lipinski definition) is 6. The van der Waals surface area contributed by atoms with Crippen LogP contribution in [0.5, 0.6) is 0 Å². The molecule has 0 bridgehead atoms. The maximum atomic E-state index is 15.0. The number of nitrogens with zero attached hydrogens (tertiary/aromatic N) is 4. The molecular formula is C22H17F8N5O3. The zero-order valence-corrected chi connectivity index (χ0v) is 19.2. The number of carbonyl (C=O) groups is 1. The van der Waals surface area contributed by atoms with Crippen LogP contribution in [0.1, 0.15) is 23.7 Å². The summed E-state index contributed by atoms with van der Waals surface area (Å²) in [6, 6.07) is -1.83. The van der Waals surface area contributed by atoms with Gasteiger partial charge in [-0.05, 0) is 19.4 Å². The number of nitrogens with one attached hydrogen (secondary N) is 1. The van der Waals surface area contributed by atoms with Crippen LogP contribution in [0.4, 0.5) is 40.9 Å². The van der Waals surface area contributed by atoms with Crippen LogP contribution in [0, 0.1) is 17.5 Å². The Labute approximate surface area is 207 Å². The Balaban J connectivity index is 1.91. The molecule has 2 N–H and O–H groups in total. The summed E-state index contributed by atoms with van der Waals surface area (Å²) in [6.07, 6.45) is -5.45. The Morgan fingerprint density at radius 3 is 2.37 bits per heavy atom. The summed E-state index contributed by atoms with van der Waals surface area (Å²) < 4.78 is 109. The molecule has 0 radical (unpaired) electrons. The number of amides is 1. The Bertz CT molecular complexity index is 1480. The minimum absolute atomic E-state index is 0.0331. The van der Waals surface area contributed by atoms with Crippen LogP contribution in [0.3, 0.4) is 0 Å². The number of aliphatic hydroxyl groups excluding tert-OH is 1. The molecule has 2 unspecified atom stereocenters. The number of hydrogen-bond donors (Lipinski definition) is 2. The van der Waals surface area contributed by atoms with Gasteiger partial charge >= 0.3 is 12.1 Å². The van der Waals surface area contributed by atoms with Crippen LogP contribution in [-0.4, -0.2) is 62.9 Å². The monoisotopic (exact) mass is 551 g/mol. The van der Waals surface area contributed by atoms with E-state index in [1.165, 1.54) is 10.2 Å². The molecule has 4 rings (SSSR count). The summed E-state index contributed by atoms with van der Waals surface area (Å²) in [5.74, 6) is -11.7. The maximum absolute atomic E-state index is 15.0. The molecule has 4 heterocycles. The predicted octanol–water partition coefficient (Wildman–Crippen LogP) is 3.08. The second kappa shape index (κ2) is 9.49. The smallest absolute Gasteiger partial charge is 0.391 e. The fourth-order valence-corrected chi connectivity index (χ4v) is 3.89. The van der Waals surface area contributed by atoms with E-state index in [4.69, 9.17) is 0 Å². The molecule has 8 nitrogen and oxygen atoms in total. The largest absolute Gasteiger partial charge is 0.455 e. The number of alkyl halides is 5. The average Bonchev–Trinajstić information content (AvgIpc) is 3.24. The molecule has 3 aromatic heterocycles. The third-order valence-corrected chi connectivity index (χ3v) is 5.91. The Morgan fingerprint density at radius 2 is 1.79 bits per heavy atom. The highest BCUT2D eigenvalue weighted by Crippen LogP contribution is 2.38. The van der Waals surface area contributed by atoms with Gasteiger partial charge in [-0.25, -0.2) is 23.1 Å². The number of aromatic nitrogens is 3. The summed E-state index contributed by atoms with van der Waals surface area (Å²) >= 11 is 0. The minimum atomic E-state index is -6.03. The van der Waals surface area contributed by atoms with Crippen molar-refractivity contribution in [3.8, 4) is 5.82 Å². The molecule has 0 spiro atoms. The lowest BCUT2D eigenvalue weighted by atomic mass is 10.1. The average molecular weight is 551 g/mol. The topological polar surface area (TPSA) is 100 Å². The van der Waals surface area contributed by atoms with E-state index < -0.39 is 75.4 Å². The number of rotatable bonds is 5. The Kier molecular flexibility index (Phi) is 6.80. The van der Waals surface area contributed by atoms with Crippen LogP contribution in [0.15, 0.2) is 29.3 Å². The number of fused-ring (bicyclic) bond motifs is 1. The standard InChI is InChI=1S/C22H17F8N5O3/c1-9(21(26,27)22(28,29)30)32-20(38)13-8-35(18-14(24)4-10(23)6-31-18)17-12(16(13)37)5-15(25)19(33-17)34-3-2-11(36)7-34/h4-6,8-9,11,36H,2-3,7H2,1H3,(H,32,38). The van der Waals surface area contributed by atoms with Gasteiger partial charge in [0, 0.05) is 25.4 Å². The number of aliphatic hydroxyl groups is 1. The van der Waals surface area contributed by atoms with Gasteiger partial charge in [-0.2, -0.15) is 22.0 Å². The van der Waals surface area contributed by atoms with Gasteiger partial charge in [0.1, 0.15) is 11.4 Å². The van der Waals surface area contributed by atoms with Gasteiger partial charge < -0.3 is 15.3 Å². The minimum Gasteiger partial charge on any atom is -0.391 e. The zero-order valence-electron chi connectivity index (χ0n) is 19.2. The van der Waals surface area contributed by atoms with Crippen molar-refractivity contribution in [1.29, 1.82) is 0 Å². The van der Waals surface area contributed by atoms with Gasteiger partial charge in [-0.15, -0.1) is 0 Å². The van der Waals surface area contributed by atoms with Crippen molar-refractivity contribution in [2.75, 3.05) is 18.0 Å². The molecule has 0 aromatic carbocycles. The number of halogens is 8. The van der Waals surface area contributed by atoms with E-state index in [9.17, 15) is 49.8 Å². The molecule has 1 aliphatic heterocycles. The van der Waals surface area contributed by atoms with E-state index in [-0.39, 0.29) is 25.3 Å². The van der Waals surface area contributed by atoms with E-state index >= 15 is 0 Å². The SMILES string of the molecule is CC(NC(=O)c1cn(-c2ncc(F)cc2F)c2nc(N3CCC(O)C3)c(F)cc2c1=O)C(F)(F)C(F)(F)F. The lowest BCUT2D eigenvalue weighted by molar-refractivity contribution is -0.290. The predicted molar refractivity (Wildman–Crippen MR) is 116 cm³/mol. The molecule has 1 amide bonds. The summed E-state index contributed by atoms with van der Waals surface area (Å²) in [6.45, 7) is 0.481. The highest BCUT2D eigenvalue weighted by molar-refractivity contribution is 5.97. The summed E-state index contributed by atoms with van der Waals surface area (Å²) in [4.78, 5) is 34.6. The van der Waals surface area contributed by atoms with E-state index in [2.05, 4.69) is 9.97 Å². The third-order valence-electron chi connectivity index (χ3n) is 5.91. The van der Waals surface area contributed by atoms with Crippen LogP contribution in [0.2, 0.25) is 0 Å². The molecule has 1 saturated heterocycles. The van der Waals surface area contributed by atoms with Gasteiger partial charge in [-0.1, -0.05) is 0 Å². The fraction of sp³-hybridized carbons (Fsp3) is 0.364. The van der Waals surface area contributed by atoms with E-state index in [0.717, 1.165) is 0 Å². The van der Waals surface area contributed by atoms with Crippen molar-refractivity contribution in [2.45, 2.75) is 37.6 Å². The first-order valence-electron chi connectivity index (χ1n) is 10.9. The zero-order chi connectivity index (χ0) is 28.2. The molecule has 2 atom stereocenters. The number of carbonyl (C=O) groups excluding carboxylic acids is 1. The number of β-amino-alcohol motifs (C(OH)–C–C–N with tert-alkyl or cyclic N) is 1. The molecule has 3 aromatic rings. The van der Waals surface area contributed by atoms with Gasteiger partial charge in [0.25, 0.3) is 5.91 Å².